The summed E-state index contributed by atoms with van der Waals surface area (Å²) >= 11 is 5.78. The number of nitro benzene ring substituents is 1. The summed E-state index contributed by atoms with van der Waals surface area (Å²) in [5, 5.41) is 58.2. The third-order valence-electron chi connectivity index (χ3n) is 10.5. The van der Waals surface area contributed by atoms with E-state index in [0.29, 0.717) is 36.4 Å². The quantitative estimate of drug-likeness (QED) is 0.0144. The molecule has 11 N–H and O–H groups in total. The number of hydrogen-bond acceptors (Lipinski definition) is 27. The predicted molar refractivity (Wildman–Crippen MR) is 272 cm³/mol. The van der Waals surface area contributed by atoms with Gasteiger partial charge < -0.3 is 15.9 Å². The van der Waals surface area contributed by atoms with Crippen LogP contribution < -0.4 is 5.73 Å². The van der Waals surface area contributed by atoms with Crippen molar-refractivity contribution in [1.82, 2.24) is 0 Å². The molecule has 0 aliphatic heterocycles. The minimum absolute atomic E-state index is 0.239. The molecule has 35 nitrogen and oxygen atoms in total. The minimum atomic E-state index is -5.77. The van der Waals surface area contributed by atoms with Gasteiger partial charge in [0.15, 0.2) is 11.5 Å². The standard InChI is InChI=1S/C38H25ClN10O25S7/c39-21-5-1-15(9-27(21)76(57,58)59)41-42-16-2-6-22(28(10-16)77(60,61)62)43-47-34-30(79(66,67)68)12-19-18(36(34)50)4-8-24(38(19)81(72,73)74)45-46-25-14-26(75(54,55)56)20-13-31(80(69,70)71)35(37(51)32(20)33(25)40)48-44-23-7-3-17(49(52)53)11-29(23)78(63,64)65/h1-14,50-51H,40H2,(H,54,55,56)(H,57,58,59)(H,60,61,62)(H,63,64,65)(H,66,67,68)(H,69,70,71)(H,72,73,74). The van der Waals surface area contributed by atoms with E-state index in [1.54, 1.807) is 0 Å². The van der Waals surface area contributed by atoms with Gasteiger partial charge in [0.25, 0.3) is 76.5 Å². The van der Waals surface area contributed by atoms with Gasteiger partial charge in [0.1, 0.15) is 68.4 Å². The van der Waals surface area contributed by atoms with Gasteiger partial charge in [0.05, 0.1) is 32.4 Å². The van der Waals surface area contributed by atoms with E-state index in [4.69, 9.17) is 17.3 Å². The van der Waals surface area contributed by atoms with Gasteiger partial charge in [-0.15, -0.1) is 30.7 Å². The molecular formula is C38H25ClN10O25S7. The Labute approximate surface area is 456 Å². The number of non-ortho nitro benzene ring substituents is 1. The lowest BCUT2D eigenvalue weighted by atomic mass is 10.0. The Morgan fingerprint density at radius 1 is 0.407 bits per heavy atom. The molecule has 43 heteroatoms. The highest BCUT2D eigenvalue weighted by molar-refractivity contribution is 7.87. The number of nitrogens with zero attached hydrogens (tertiary/aromatic N) is 9. The molecule has 0 bridgehead atoms. The number of halogens is 1. The number of hydrogen-bond donors (Lipinski definition) is 10. The Bertz CT molecular complexity index is 4930. The van der Waals surface area contributed by atoms with Crippen molar-refractivity contribution < 1.29 is 106 Å². The molecule has 81 heavy (non-hydrogen) atoms. The number of azo groups is 4. The Morgan fingerprint density at radius 3 is 1.32 bits per heavy atom. The molecule has 7 aromatic carbocycles. The van der Waals surface area contributed by atoms with Gasteiger partial charge in [0, 0.05) is 28.3 Å². The van der Waals surface area contributed by atoms with Crippen LogP contribution in [0.15, 0.2) is 160 Å². The Balaban J connectivity index is 1.38. The summed E-state index contributed by atoms with van der Waals surface area (Å²) in [5.41, 5.74) is -2.96. The highest BCUT2D eigenvalue weighted by Crippen LogP contribution is 2.50. The molecule has 0 aromatic heterocycles. The van der Waals surface area contributed by atoms with Crippen molar-refractivity contribution in [3.05, 3.63) is 100 Å². The van der Waals surface area contributed by atoms with Crippen LogP contribution in [-0.2, 0) is 70.8 Å². The molecule has 0 heterocycles. The molecule has 0 saturated carbocycles. The van der Waals surface area contributed by atoms with Crippen LogP contribution in [0.5, 0.6) is 11.5 Å². The van der Waals surface area contributed by atoms with Crippen LogP contribution in [0.2, 0.25) is 5.02 Å². The minimum Gasteiger partial charge on any atom is -0.505 e. The lowest BCUT2D eigenvalue weighted by Gasteiger charge is -2.15. The highest BCUT2D eigenvalue weighted by Gasteiger charge is 2.32. The van der Waals surface area contributed by atoms with Gasteiger partial charge in [-0.2, -0.15) is 69.2 Å². The van der Waals surface area contributed by atoms with E-state index in [2.05, 4.69) is 40.9 Å². The maximum Gasteiger partial charge on any atom is 0.297 e. The molecule has 0 aliphatic rings. The molecule has 0 radical (unpaired) electrons. The van der Waals surface area contributed by atoms with Crippen LogP contribution in [-0.4, -0.2) is 106 Å². The van der Waals surface area contributed by atoms with Crippen molar-refractivity contribution in [3.63, 3.8) is 0 Å². The predicted octanol–water partition coefficient (Wildman–Crippen LogP) is 7.94. The number of nitro groups is 1. The Hall–Kier alpha value is -8.08. The number of benzene rings is 7. The van der Waals surface area contributed by atoms with Gasteiger partial charge >= 0.3 is 0 Å². The van der Waals surface area contributed by atoms with Crippen molar-refractivity contribution in [2.75, 3.05) is 5.73 Å². The number of phenols is 2. The molecule has 0 fully saturated rings. The zero-order valence-corrected chi connectivity index (χ0v) is 44.9. The second kappa shape index (κ2) is 21.1. The monoisotopic (exact) mass is 1280 g/mol. The van der Waals surface area contributed by atoms with E-state index < -0.39 is 199 Å². The second-order valence-corrected chi connectivity index (χ2v) is 25.8. The number of rotatable bonds is 16. The summed E-state index contributed by atoms with van der Waals surface area (Å²) in [6.45, 7) is 0. The summed E-state index contributed by atoms with van der Waals surface area (Å²) in [6, 6.07) is 8.98. The molecule has 0 atom stereocenters. The largest absolute Gasteiger partial charge is 0.505 e. The molecule has 0 spiro atoms. The molecule has 0 aliphatic carbocycles. The van der Waals surface area contributed by atoms with Crippen molar-refractivity contribution in [3.8, 4) is 11.5 Å². The molecule has 0 saturated heterocycles. The molecule has 426 valence electrons. The summed E-state index contributed by atoms with van der Waals surface area (Å²) in [4.78, 5) is 0.990. The number of aromatic hydroxyl groups is 2. The number of anilines is 1. The zero-order chi connectivity index (χ0) is 60.5. The van der Waals surface area contributed by atoms with Crippen LogP contribution in [0.1, 0.15) is 0 Å². The van der Waals surface area contributed by atoms with Crippen molar-refractivity contribution in [2.24, 2.45) is 40.9 Å². The second-order valence-electron chi connectivity index (χ2n) is 15.7. The van der Waals surface area contributed by atoms with Gasteiger partial charge in [-0.25, -0.2) is 0 Å². The summed E-state index contributed by atoms with van der Waals surface area (Å²) in [5.74, 6) is -2.97. The van der Waals surface area contributed by atoms with Gasteiger partial charge in [-0.1, -0.05) is 11.6 Å². The fourth-order valence-electron chi connectivity index (χ4n) is 7.07. The van der Waals surface area contributed by atoms with Crippen LogP contribution in [0.25, 0.3) is 21.5 Å². The fourth-order valence-corrected chi connectivity index (χ4v) is 12.2. The Morgan fingerprint density at radius 2 is 0.827 bits per heavy atom. The van der Waals surface area contributed by atoms with Gasteiger partial charge in [-0.3, -0.25) is 42.0 Å². The first-order chi connectivity index (χ1) is 37.1. The number of phenolic OH excluding ortho intramolecular Hbond substituents is 2. The lowest BCUT2D eigenvalue weighted by molar-refractivity contribution is -0.385. The van der Waals surface area contributed by atoms with Gasteiger partial charge in [-0.05, 0) is 72.8 Å². The molecule has 7 rings (SSSR count). The van der Waals surface area contributed by atoms with E-state index in [-0.39, 0.29) is 17.8 Å². The summed E-state index contributed by atoms with van der Waals surface area (Å²) < 4.78 is 245. The van der Waals surface area contributed by atoms with E-state index in [9.17, 15) is 111 Å². The first kappa shape index (κ1) is 60.6. The molecule has 7 aromatic rings. The third kappa shape index (κ3) is 12.8. The van der Waals surface area contributed by atoms with Crippen LogP contribution >= 0.6 is 11.6 Å². The van der Waals surface area contributed by atoms with E-state index >= 15 is 0 Å². The van der Waals surface area contributed by atoms with E-state index in [0.717, 1.165) is 36.4 Å². The maximum atomic E-state index is 13.1. The fraction of sp³-hybridized carbons (Fsp3) is 0. The number of nitrogen functional groups attached to an aromatic ring is 1. The normalized spacial score (nSPS) is 13.4. The molecular weight excluding hydrogens is 1260 g/mol. The SMILES string of the molecule is Nc1c(N=Nc2ccc3c(O)c(N=Nc4ccc(N=Nc5ccc(Cl)c(S(=O)(=O)O)c5)cc4S(=O)(=O)O)c(S(=O)(=O)O)cc3c2S(=O)(=O)O)cc(S(=O)(=O)O)c2cc(S(=O)(=O)O)c(N=Nc3ccc([N+](=O)[O-])cc3S(=O)(=O)O)c(O)c12. The van der Waals surface area contributed by atoms with Crippen LogP contribution in [0.3, 0.4) is 0 Å². The summed E-state index contributed by atoms with van der Waals surface area (Å²) in [6.07, 6.45) is 0. The smallest absolute Gasteiger partial charge is 0.297 e. The molecule has 0 unspecified atom stereocenters. The molecule has 0 amide bonds. The van der Waals surface area contributed by atoms with Crippen LogP contribution in [0, 0.1) is 10.1 Å². The number of fused-ring (bicyclic) bond motifs is 2. The maximum absolute atomic E-state index is 13.1. The summed E-state index contributed by atoms with van der Waals surface area (Å²) in [7, 11) is -38.4. The van der Waals surface area contributed by atoms with Crippen LogP contribution in [0.4, 0.5) is 56.9 Å². The highest BCUT2D eigenvalue weighted by atomic mass is 35.5. The lowest BCUT2D eigenvalue weighted by Crippen LogP contribution is -2.04. The zero-order valence-electron chi connectivity index (χ0n) is 38.5. The van der Waals surface area contributed by atoms with Gasteiger partial charge in [0.2, 0.25) is 0 Å². The first-order valence-electron chi connectivity index (χ1n) is 20.2. The third-order valence-corrected chi connectivity index (χ3v) is 17.2. The van der Waals surface area contributed by atoms with E-state index in [1.807, 2.05) is 0 Å². The Kier molecular flexibility index (Phi) is 15.8. The number of nitrogens with two attached hydrogens (primary N) is 1. The van der Waals surface area contributed by atoms with Crippen molar-refractivity contribution in [1.29, 1.82) is 0 Å². The average Bonchev–Trinajstić information content (AvgIpc) is 3.40. The van der Waals surface area contributed by atoms with Crippen molar-refractivity contribution >= 4 is 161 Å². The van der Waals surface area contributed by atoms with E-state index in [1.165, 1.54) is 0 Å². The topological polar surface area (TPSA) is 589 Å². The van der Waals surface area contributed by atoms with Crippen molar-refractivity contribution in [2.45, 2.75) is 34.3 Å². The average molecular weight is 1280 g/mol. The first-order valence-corrected chi connectivity index (χ1v) is 30.7.